The lowest BCUT2D eigenvalue weighted by Crippen LogP contribution is -2.52. The van der Waals surface area contributed by atoms with Crippen molar-refractivity contribution in [2.75, 3.05) is 13.1 Å². The first-order chi connectivity index (χ1) is 9.38. The first-order valence-electron chi connectivity index (χ1n) is 6.71. The Hall–Kier alpha value is -1.62. The molecular weight excluding hydrogens is 272 g/mol. The van der Waals surface area contributed by atoms with Crippen LogP contribution in [0.5, 0.6) is 0 Å². The monoisotopic (exact) mass is 292 g/mol. The third kappa shape index (κ3) is 3.48. The van der Waals surface area contributed by atoms with Crippen LogP contribution in [0.3, 0.4) is 0 Å². The SMILES string of the molecule is CC(C)(C)OC(=O)N1CCNC(=S)C1c1ccccc1. The number of amides is 1. The van der Waals surface area contributed by atoms with E-state index in [9.17, 15) is 4.79 Å². The number of hydrogen-bond acceptors (Lipinski definition) is 3. The number of piperazine rings is 1. The van der Waals surface area contributed by atoms with E-state index in [1.807, 2.05) is 51.1 Å². The predicted molar refractivity (Wildman–Crippen MR) is 82.7 cm³/mol. The average molecular weight is 292 g/mol. The highest BCUT2D eigenvalue weighted by molar-refractivity contribution is 7.80. The minimum atomic E-state index is -0.509. The number of thiocarbonyl (C=S) groups is 1. The highest BCUT2D eigenvalue weighted by Gasteiger charge is 2.34. The van der Waals surface area contributed by atoms with E-state index in [0.29, 0.717) is 18.1 Å². The molecule has 1 unspecified atom stereocenters. The molecule has 1 fully saturated rings. The number of nitrogens with one attached hydrogen (secondary N) is 1. The second-order valence-electron chi connectivity index (χ2n) is 5.78. The molecule has 0 bridgehead atoms. The van der Waals surface area contributed by atoms with Crippen LogP contribution in [-0.4, -0.2) is 34.7 Å². The van der Waals surface area contributed by atoms with Crippen molar-refractivity contribution in [1.29, 1.82) is 0 Å². The molecule has 0 radical (unpaired) electrons. The van der Waals surface area contributed by atoms with Crippen LogP contribution in [-0.2, 0) is 4.74 Å². The quantitative estimate of drug-likeness (QED) is 0.808. The minimum Gasteiger partial charge on any atom is -0.444 e. The van der Waals surface area contributed by atoms with Gasteiger partial charge in [0.15, 0.2) is 0 Å². The summed E-state index contributed by atoms with van der Waals surface area (Å²) in [4.78, 5) is 14.7. The Bertz CT molecular complexity index is 496. The summed E-state index contributed by atoms with van der Waals surface area (Å²) >= 11 is 5.39. The van der Waals surface area contributed by atoms with Gasteiger partial charge in [0.2, 0.25) is 0 Å². The van der Waals surface area contributed by atoms with Crippen molar-refractivity contribution in [3.05, 3.63) is 35.9 Å². The molecule has 20 heavy (non-hydrogen) atoms. The largest absolute Gasteiger partial charge is 0.444 e. The van der Waals surface area contributed by atoms with Crippen LogP contribution in [0.1, 0.15) is 32.4 Å². The third-order valence-electron chi connectivity index (χ3n) is 2.96. The van der Waals surface area contributed by atoms with Gasteiger partial charge in [0.05, 0.1) is 0 Å². The van der Waals surface area contributed by atoms with Gasteiger partial charge in [-0.3, -0.25) is 4.90 Å². The van der Waals surface area contributed by atoms with Crippen molar-refractivity contribution in [2.45, 2.75) is 32.4 Å². The standard InChI is InChI=1S/C15H20N2O2S/c1-15(2,3)19-14(18)17-10-9-16-13(20)12(17)11-7-5-4-6-8-11/h4-8,12H,9-10H2,1-3H3,(H,16,20). The Morgan fingerprint density at radius 1 is 1.35 bits per heavy atom. The van der Waals surface area contributed by atoms with Crippen LogP contribution in [0.4, 0.5) is 4.79 Å². The number of rotatable bonds is 1. The van der Waals surface area contributed by atoms with E-state index in [4.69, 9.17) is 17.0 Å². The second kappa shape index (κ2) is 5.79. The molecule has 1 aliphatic heterocycles. The molecule has 108 valence electrons. The van der Waals surface area contributed by atoms with Crippen LogP contribution in [0.2, 0.25) is 0 Å². The molecule has 0 aromatic heterocycles. The average Bonchev–Trinajstić information content (AvgIpc) is 2.37. The fourth-order valence-corrected chi connectivity index (χ4v) is 2.52. The van der Waals surface area contributed by atoms with Crippen molar-refractivity contribution in [2.24, 2.45) is 0 Å². The Balaban J connectivity index is 2.25. The van der Waals surface area contributed by atoms with Crippen LogP contribution >= 0.6 is 12.2 Å². The topological polar surface area (TPSA) is 41.6 Å². The minimum absolute atomic E-state index is 0.255. The molecule has 5 heteroatoms. The van der Waals surface area contributed by atoms with Gasteiger partial charge in [0, 0.05) is 13.1 Å². The van der Waals surface area contributed by atoms with Crippen molar-refractivity contribution in [3.63, 3.8) is 0 Å². The summed E-state index contributed by atoms with van der Waals surface area (Å²) in [6.07, 6.45) is -0.324. The van der Waals surface area contributed by atoms with Crippen molar-refractivity contribution >= 4 is 23.3 Å². The zero-order chi connectivity index (χ0) is 14.8. The van der Waals surface area contributed by atoms with E-state index in [2.05, 4.69) is 5.32 Å². The first kappa shape index (κ1) is 14.8. The van der Waals surface area contributed by atoms with Gasteiger partial charge in [-0.2, -0.15) is 0 Å². The van der Waals surface area contributed by atoms with Crippen molar-refractivity contribution in [1.82, 2.24) is 10.2 Å². The van der Waals surface area contributed by atoms with Crippen molar-refractivity contribution < 1.29 is 9.53 Å². The molecule has 0 aliphatic carbocycles. The molecular formula is C15H20N2O2S. The van der Waals surface area contributed by atoms with Gasteiger partial charge >= 0.3 is 6.09 Å². The molecule has 1 atom stereocenters. The Morgan fingerprint density at radius 2 is 2.00 bits per heavy atom. The molecule has 1 saturated heterocycles. The molecule has 4 nitrogen and oxygen atoms in total. The molecule has 1 aromatic rings. The lowest BCUT2D eigenvalue weighted by atomic mass is 10.0. The van der Waals surface area contributed by atoms with E-state index in [1.165, 1.54) is 0 Å². The Kier molecular flexibility index (Phi) is 4.28. The number of carbonyl (C=O) groups is 1. The Labute approximate surface area is 125 Å². The molecule has 1 aliphatic rings. The third-order valence-corrected chi connectivity index (χ3v) is 3.32. The summed E-state index contributed by atoms with van der Waals surface area (Å²) < 4.78 is 5.48. The molecule has 1 amide bonds. The van der Waals surface area contributed by atoms with Gasteiger partial charge in [-0.15, -0.1) is 0 Å². The van der Waals surface area contributed by atoms with E-state index in [-0.39, 0.29) is 12.1 Å². The van der Waals surface area contributed by atoms with Crippen LogP contribution in [0.15, 0.2) is 30.3 Å². The summed E-state index contributed by atoms with van der Waals surface area (Å²) in [6, 6.07) is 9.53. The van der Waals surface area contributed by atoms with E-state index in [1.54, 1.807) is 4.90 Å². The number of carbonyl (C=O) groups excluding carboxylic acids is 1. The Morgan fingerprint density at radius 3 is 2.60 bits per heavy atom. The molecule has 1 aromatic carbocycles. The van der Waals surface area contributed by atoms with Gasteiger partial charge in [-0.25, -0.2) is 4.79 Å². The lowest BCUT2D eigenvalue weighted by molar-refractivity contribution is 0.0199. The number of nitrogens with zero attached hydrogens (tertiary/aromatic N) is 1. The summed E-state index contributed by atoms with van der Waals surface area (Å²) in [6.45, 7) is 6.82. The second-order valence-corrected chi connectivity index (χ2v) is 6.22. The van der Waals surface area contributed by atoms with Crippen LogP contribution in [0.25, 0.3) is 0 Å². The zero-order valence-electron chi connectivity index (χ0n) is 12.1. The maximum Gasteiger partial charge on any atom is 0.411 e. The summed E-state index contributed by atoms with van der Waals surface area (Å²) in [5.74, 6) is 0. The normalized spacial score (nSPS) is 19.4. The number of ether oxygens (including phenoxy) is 1. The molecule has 0 saturated carbocycles. The van der Waals surface area contributed by atoms with Gasteiger partial charge in [-0.1, -0.05) is 42.5 Å². The fourth-order valence-electron chi connectivity index (χ4n) is 2.15. The van der Waals surface area contributed by atoms with E-state index in [0.717, 1.165) is 5.56 Å². The maximum absolute atomic E-state index is 12.4. The predicted octanol–water partition coefficient (Wildman–Crippen LogP) is 2.90. The molecule has 2 rings (SSSR count). The van der Waals surface area contributed by atoms with E-state index >= 15 is 0 Å². The number of benzene rings is 1. The summed E-state index contributed by atoms with van der Waals surface area (Å²) in [5, 5.41) is 3.16. The highest BCUT2D eigenvalue weighted by Crippen LogP contribution is 2.26. The zero-order valence-corrected chi connectivity index (χ0v) is 12.9. The van der Waals surface area contributed by atoms with Crippen LogP contribution < -0.4 is 5.32 Å². The fraction of sp³-hybridized carbons (Fsp3) is 0.467. The molecule has 1 heterocycles. The number of hydrogen-bond donors (Lipinski definition) is 1. The smallest absolute Gasteiger partial charge is 0.411 e. The summed E-state index contributed by atoms with van der Waals surface area (Å²) in [5.41, 5.74) is 0.487. The van der Waals surface area contributed by atoms with Gasteiger partial charge < -0.3 is 10.1 Å². The van der Waals surface area contributed by atoms with Crippen LogP contribution in [0, 0.1) is 0 Å². The van der Waals surface area contributed by atoms with Gasteiger partial charge in [0.25, 0.3) is 0 Å². The summed E-state index contributed by atoms with van der Waals surface area (Å²) in [7, 11) is 0. The maximum atomic E-state index is 12.4. The lowest BCUT2D eigenvalue weighted by Gasteiger charge is -2.37. The van der Waals surface area contributed by atoms with E-state index < -0.39 is 5.60 Å². The van der Waals surface area contributed by atoms with Crippen molar-refractivity contribution in [3.8, 4) is 0 Å². The molecule has 0 spiro atoms. The highest BCUT2D eigenvalue weighted by atomic mass is 32.1. The van der Waals surface area contributed by atoms with Gasteiger partial charge in [-0.05, 0) is 26.3 Å². The first-order valence-corrected chi connectivity index (χ1v) is 7.11. The van der Waals surface area contributed by atoms with Gasteiger partial charge in [0.1, 0.15) is 16.6 Å². The molecule has 1 N–H and O–H groups in total.